The van der Waals surface area contributed by atoms with Crippen molar-refractivity contribution in [2.75, 3.05) is 39.6 Å². The number of terminal acetylenes is 1. The van der Waals surface area contributed by atoms with Gasteiger partial charge in [0.1, 0.15) is 30.3 Å². The Morgan fingerprint density at radius 3 is 2.42 bits per heavy atom. The maximum Gasteiger partial charge on any atom is 0.364 e. The number of para-hydroxylation sites is 1. The lowest BCUT2D eigenvalue weighted by Gasteiger charge is -2.46. The number of ether oxygens (including phenoxy) is 5. The number of aliphatic hydroxyl groups excluding tert-OH is 3. The summed E-state index contributed by atoms with van der Waals surface area (Å²) in [5, 5.41) is 47.6. The van der Waals surface area contributed by atoms with Crippen molar-refractivity contribution in [2.24, 2.45) is 0 Å². The van der Waals surface area contributed by atoms with Crippen molar-refractivity contribution < 1.29 is 58.5 Å². The minimum Gasteiger partial charge on any atom is -0.477 e. The summed E-state index contributed by atoms with van der Waals surface area (Å²) in [6.07, 6.45) is -2.37. The highest BCUT2D eigenvalue weighted by Gasteiger charge is 2.55. The van der Waals surface area contributed by atoms with Gasteiger partial charge in [0.25, 0.3) is 11.7 Å². The summed E-state index contributed by atoms with van der Waals surface area (Å²) in [5.74, 6) is -2.01. The van der Waals surface area contributed by atoms with Gasteiger partial charge in [-0.15, -0.1) is 6.42 Å². The minimum atomic E-state index is -2.45. The van der Waals surface area contributed by atoms with Gasteiger partial charge in [0.05, 0.1) is 44.7 Å². The van der Waals surface area contributed by atoms with Crippen LogP contribution in [-0.4, -0.2) is 114 Å². The number of carbonyl (C=O) groups is 3. The highest BCUT2D eigenvalue weighted by molar-refractivity contribution is 5.94. The number of rotatable bonds is 17. The molecule has 6 N–H and O–H groups in total. The zero-order valence-electron chi connectivity index (χ0n) is 24.7. The van der Waals surface area contributed by atoms with E-state index in [1.165, 1.54) is 12.1 Å². The van der Waals surface area contributed by atoms with Gasteiger partial charge in [0.15, 0.2) is 0 Å². The van der Waals surface area contributed by atoms with Crippen LogP contribution in [0.5, 0.6) is 11.5 Å². The third-order valence-corrected chi connectivity index (χ3v) is 6.67. The Hall–Kier alpha value is -4.07. The third kappa shape index (κ3) is 10.5. The molecule has 0 aromatic heterocycles. The summed E-state index contributed by atoms with van der Waals surface area (Å²) in [5.41, 5.74) is 0.203. The molecule has 0 spiro atoms. The van der Waals surface area contributed by atoms with Crippen LogP contribution < -0.4 is 15.4 Å². The first kappa shape index (κ1) is 35.4. The zero-order valence-corrected chi connectivity index (χ0v) is 24.7. The molecule has 3 rings (SSSR count). The number of hydrogen-bond acceptors (Lipinski definition) is 11. The summed E-state index contributed by atoms with van der Waals surface area (Å²) in [7, 11) is 0. The molecule has 2 amide bonds. The van der Waals surface area contributed by atoms with Crippen LogP contribution in [0.25, 0.3) is 0 Å². The normalized spacial score (nSPS) is 22.4. The number of hydrogen-bond donors (Lipinski definition) is 6. The van der Waals surface area contributed by atoms with Gasteiger partial charge in [-0.3, -0.25) is 9.59 Å². The predicted molar refractivity (Wildman–Crippen MR) is 157 cm³/mol. The van der Waals surface area contributed by atoms with E-state index in [4.69, 9.17) is 30.1 Å². The van der Waals surface area contributed by atoms with Gasteiger partial charge in [0, 0.05) is 25.5 Å². The first-order chi connectivity index (χ1) is 21.6. The van der Waals surface area contributed by atoms with Crippen molar-refractivity contribution in [3.8, 4) is 23.8 Å². The van der Waals surface area contributed by atoms with Crippen molar-refractivity contribution in [2.45, 2.75) is 49.6 Å². The SMILES string of the molecule is C#CCOCCOCCO[C@]1(C(=O)O)C[C@H](O)[C@@H](NC(C)=O)[C@H]([C@H](O)[C@H](O)CNC(=O)c2cccc(Oc3ccccc3)c2)O1. The fourth-order valence-electron chi connectivity index (χ4n) is 4.53. The van der Waals surface area contributed by atoms with Crippen LogP contribution in [0.1, 0.15) is 23.7 Å². The first-order valence-electron chi connectivity index (χ1n) is 14.1. The van der Waals surface area contributed by atoms with Crippen molar-refractivity contribution in [1.82, 2.24) is 10.6 Å². The molecule has 2 aromatic rings. The topological polar surface area (TPSA) is 202 Å². The Labute approximate surface area is 260 Å². The Bertz CT molecular complexity index is 1300. The average Bonchev–Trinajstić information content (AvgIpc) is 3.02. The number of nitrogens with one attached hydrogen (secondary N) is 2. The zero-order chi connectivity index (χ0) is 32.8. The van der Waals surface area contributed by atoms with Gasteiger partial charge in [-0.25, -0.2) is 4.79 Å². The fraction of sp³-hybridized carbons (Fsp3) is 0.452. The first-order valence-corrected chi connectivity index (χ1v) is 14.1. The summed E-state index contributed by atoms with van der Waals surface area (Å²) in [6.45, 7) is 0.779. The van der Waals surface area contributed by atoms with Crippen molar-refractivity contribution in [1.29, 1.82) is 0 Å². The van der Waals surface area contributed by atoms with E-state index in [2.05, 4.69) is 16.6 Å². The lowest BCUT2D eigenvalue weighted by atomic mass is 9.88. The van der Waals surface area contributed by atoms with Gasteiger partial charge < -0.3 is 54.7 Å². The summed E-state index contributed by atoms with van der Waals surface area (Å²) < 4.78 is 27.3. The number of benzene rings is 2. The van der Waals surface area contributed by atoms with E-state index in [1.54, 1.807) is 36.4 Å². The van der Waals surface area contributed by atoms with Gasteiger partial charge in [0.2, 0.25) is 5.91 Å². The predicted octanol–water partition coefficient (Wildman–Crippen LogP) is 0.0489. The summed E-state index contributed by atoms with van der Waals surface area (Å²) in [6, 6.07) is 13.9. The van der Waals surface area contributed by atoms with Crippen LogP contribution >= 0.6 is 0 Å². The van der Waals surface area contributed by atoms with Crippen LogP contribution in [0.2, 0.25) is 0 Å². The molecule has 0 unspecified atom stereocenters. The highest BCUT2D eigenvalue weighted by Crippen LogP contribution is 2.33. The molecule has 244 valence electrons. The van der Waals surface area contributed by atoms with Gasteiger partial charge in [-0.05, 0) is 30.3 Å². The highest BCUT2D eigenvalue weighted by atomic mass is 16.7. The monoisotopic (exact) mass is 630 g/mol. The van der Waals surface area contributed by atoms with E-state index >= 15 is 0 Å². The van der Waals surface area contributed by atoms with Gasteiger partial charge in [-0.1, -0.05) is 30.2 Å². The van der Waals surface area contributed by atoms with Crippen LogP contribution in [0.4, 0.5) is 0 Å². The lowest BCUT2D eigenvalue weighted by molar-refractivity contribution is -0.312. The number of carboxylic acid groups (broad SMARTS) is 1. The second-order valence-corrected chi connectivity index (χ2v) is 10.1. The van der Waals surface area contributed by atoms with E-state index in [9.17, 15) is 34.8 Å². The summed E-state index contributed by atoms with van der Waals surface area (Å²) >= 11 is 0. The molecule has 14 heteroatoms. The minimum absolute atomic E-state index is 0.0670. The summed E-state index contributed by atoms with van der Waals surface area (Å²) in [4.78, 5) is 37.0. The Balaban J connectivity index is 1.65. The standard InChI is InChI=1S/C31H38N2O12/c1-3-12-41-13-14-42-15-16-43-31(30(39)40)18-24(35)26(33-20(2)34)28(45-31)27(37)25(36)19-32-29(38)21-8-7-11-23(17-21)44-22-9-5-4-6-10-22/h1,4-11,17,24-28,35-37H,12-16,18-19H2,2H3,(H,32,38)(H,33,34)(H,39,40)/t24-,25+,26+,27+,28+,31+/m0/s1. The molecule has 6 atom stereocenters. The fourth-order valence-corrected chi connectivity index (χ4v) is 4.53. The lowest BCUT2D eigenvalue weighted by Crippen LogP contribution is -2.68. The molecule has 1 aliphatic heterocycles. The van der Waals surface area contributed by atoms with Crippen molar-refractivity contribution in [3.05, 3.63) is 60.2 Å². The molecule has 0 bridgehead atoms. The third-order valence-electron chi connectivity index (χ3n) is 6.67. The number of aliphatic carboxylic acids is 1. The van der Waals surface area contributed by atoms with E-state index in [-0.39, 0.29) is 38.6 Å². The smallest absolute Gasteiger partial charge is 0.364 e. The maximum absolute atomic E-state index is 12.8. The van der Waals surface area contributed by atoms with Crippen LogP contribution in [0.15, 0.2) is 54.6 Å². The quantitative estimate of drug-likeness (QED) is 0.101. The van der Waals surface area contributed by atoms with Gasteiger partial charge in [-0.2, -0.15) is 0 Å². The molecular weight excluding hydrogens is 592 g/mol. The Morgan fingerprint density at radius 2 is 1.73 bits per heavy atom. The number of carboxylic acids is 1. The molecule has 0 aliphatic carbocycles. The Kier molecular flexibility index (Phi) is 13.7. The largest absolute Gasteiger partial charge is 0.477 e. The number of aliphatic hydroxyl groups is 3. The number of amides is 2. The second kappa shape index (κ2) is 17.4. The molecule has 1 aliphatic rings. The van der Waals surface area contributed by atoms with Crippen LogP contribution in [0.3, 0.4) is 0 Å². The average molecular weight is 631 g/mol. The Morgan fingerprint density at radius 1 is 1.04 bits per heavy atom. The van der Waals surface area contributed by atoms with E-state index in [1.807, 2.05) is 6.07 Å². The molecule has 45 heavy (non-hydrogen) atoms. The molecule has 14 nitrogen and oxygen atoms in total. The van der Waals surface area contributed by atoms with E-state index < -0.39 is 67.0 Å². The molecule has 1 heterocycles. The second-order valence-electron chi connectivity index (χ2n) is 10.1. The van der Waals surface area contributed by atoms with Crippen molar-refractivity contribution in [3.63, 3.8) is 0 Å². The molecular formula is C31H38N2O12. The molecule has 0 radical (unpaired) electrons. The van der Waals surface area contributed by atoms with Crippen LogP contribution in [0, 0.1) is 12.3 Å². The van der Waals surface area contributed by atoms with E-state index in [0.717, 1.165) is 6.92 Å². The van der Waals surface area contributed by atoms with Crippen molar-refractivity contribution >= 4 is 17.8 Å². The molecule has 1 fully saturated rings. The molecule has 1 saturated heterocycles. The molecule has 2 aromatic carbocycles. The van der Waals surface area contributed by atoms with Crippen LogP contribution in [-0.2, 0) is 28.5 Å². The molecule has 0 saturated carbocycles. The van der Waals surface area contributed by atoms with Gasteiger partial charge >= 0.3 is 5.97 Å². The van der Waals surface area contributed by atoms with E-state index in [0.29, 0.717) is 11.5 Å². The number of carbonyl (C=O) groups excluding carboxylic acids is 2. The maximum atomic E-state index is 12.8.